The second-order valence-corrected chi connectivity index (χ2v) is 5.64. The molecule has 1 aromatic heterocycles. The van der Waals surface area contributed by atoms with Crippen LogP contribution >= 0.6 is 0 Å². The van der Waals surface area contributed by atoms with Crippen molar-refractivity contribution in [2.45, 2.75) is 19.6 Å². The van der Waals surface area contributed by atoms with Crippen LogP contribution in [0.15, 0.2) is 54.7 Å². The number of halogens is 1. The Morgan fingerprint density at radius 3 is 2.46 bits per heavy atom. The first kappa shape index (κ1) is 16.0. The topological polar surface area (TPSA) is 38.0 Å². The molecule has 0 aliphatic carbocycles. The van der Waals surface area contributed by atoms with E-state index in [-0.39, 0.29) is 5.82 Å². The number of hydrogen-bond acceptors (Lipinski definition) is 2. The largest absolute Gasteiger partial charge is 0.380 e. The average Bonchev–Trinajstić information content (AvgIpc) is 3.00. The molecular weight excluding hydrogens is 303 g/mol. The van der Waals surface area contributed by atoms with Crippen molar-refractivity contribution in [3.05, 3.63) is 77.5 Å². The monoisotopic (exact) mass is 320 g/mol. The van der Waals surface area contributed by atoms with Gasteiger partial charge in [-0.25, -0.2) is 9.37 Å². The van der Waals surface area contributed by atoms with E-state index in [4.69, 9.17) is 6.42 Å². The number of terminal acetylenes is 1. The van der Waals surface area contributed by atoms with Crippen LogP contribution in [0.3, 0.4) is 0 Å². The predicted molar refractivity (Wildman–Crippen MR) is 91.7 cm³/mol. The van der Waals surface area contributed by atoms with E-state index in [0.717, 1.165) is 16.8 Å². The van der Waals surface area contributed by atoms with Crippen LogP contribution in [-0.4, -0.2) is 14.7 Å². The average molecular weight is 320 g/mol. The molecule has 0 aliphatic rings. The third-order valence-corrected chi connectivity index (χ3v) is 3.85. The molecule has 0 fully saturated rings. The van der Waals surface area contributed by atoms with Gasteiger partial charge in [-0.1, -0.05) is 47.9 Å². The van der Waals surface area contributed by atoms with Crippen LogP contribution in [0.5, 0.6) is 0 Å². The number of aliphatic hydroxyl groups excluding tert-OH is 1. The molecule has 3 rings (SSSR count). The van der Waals surface area contributed by atoms with Gasteiger partial charge in [-0.05, 0) is 24.6 Å². The molecule has 1 heterocycles. The van der Waals surface area contributed by atoms with Crippen LogP contribution in [-0.2, 0) is 6.54 Å². The number of aliphatic hydroxyl groups is 1. The van der Waals surface area contributed by atoms with E-state index in [0.29, 0.717) is 17.9 Å². The molecule has 4 heteroatoms. The molecule has 1 atom stereocenters. The predicted octanol–water partition coefficient (Wildman–Crippen LogP) is 3.71. The van der Waals surface area contributed by atoms with Crippen molar-refractivity contribution < 1.29 is 9.50 Å². The third-order valence-electron chi connectivity index (χ3n) is 3.85. The van der Waals surface area contributed by atoms with E-state index < -0.39 is 6.10 Å². The van der Waals surface area contributed by atoms with Crippen molar-refractivity contribution >= 4 is 0 Å². The number of hydrogen-bond donors (Lipinski definition) is 1. The number of aromatic nitrogens is 2. The molecule has 3 aromatic rings. The number of nitrogens with zero attached hydrogens (tertiary/aromatic N) is 2. The fourth-order valence-corrected chi connectivity index (χ4v) is 2.53. The maximum atomic E-state index is 13.1. The molecule has 3 nitrogen and oxygen atoms in total. The smallest absolute Gasteiger partial charge is 0.143 e. The summed E-state index contributed by atoms with van der Waals surface area (Å²) in [6, 6.07) is 13.7. The Hall–Kier alpha value is -2.90. The lowest BCUT2D eigenvalue weighted by Gasteiger charge is -2.11. The zero-order chi connectivity index (χ0) is 17.1. The second kappa shape index (κ2) is 6.69. The summed E-state index contributed by atoms with van der Waals surface area (Å²) >= 11 is 0. The van der Waals surface area contributed by atoms with Gasteiger partial charge in [-0.2, -0.15) is 0 Å². The Morgan fingerprint density at radius 1 is 1.17 bits per heavy atom. The molecule has 0 amide bonds. The van der Waals surface area contributed by atoms with Crippen molar-refractivity contribution in [1.29, 1.82) is 0 Å². The van der Waals surface area contributed by atoms with Crippen molar-refractivity contribution in [3.63, 3.8) is 0 Å². The quantitative estimate of drug-likeness (QED) is 0.744. The first-order chi connectivity index (χ1) is 11.6. The van der Waals surface area contributed by atoms with Crippen LogP contribution in [0.2, 0.25) is 0 Å². The van der Waals surface area contributed by atoms with Crippen LogP contribution in [0.4, 0.5) is 4.39 Å². The van der Waals surface area contributed by atoms with Crippen molar-refractivity contribution in [2.24, 2.45) is 0 Å². The van der Waals surface area contributed by atoms with Crippen LogP contribution in [0.1, 0.15) is 23.1 Å². The summed E-state index contributed by atoms with van der Waals surface area (Å²) in [6.45, 7) is 2.32. The van der Waals surface area contributed by atoms with Gasteiger partial charge in [0.1, 0.15) is 17.7 Å². The van der Waals surface area contributed by atoms with E-state index in [1.807, 2.05) is 37.4 Å². The van der Waals surface area contributed by atoms with Crippen molar-refractivity contribution in [3.8, 4) is 23.6 Å². The van der Waals surface area contributed by atoms with Gasteiger partial charge < -0.3 is 9.67 Å². The summed E-state index contributed by atoms with van der Waals surface area (Å²) in [5.41, 5.74) is 3.41. The van der Waals surface area contributed by atoms with E-state index >= 15 is 0 Å². The molecule has 0 saturated carbocycles. The lowest BCUT2D eigenvalue weighted by molar-refractivity contribution is 0.205. The standard InChI is InChI=1S/C20H17FN2O/c1-3-12-23-13-18(15-6-4-14(2)5-7-15)22-20(23)19(24)16-8-10-17(21)11-9-16/h1,4-11,13,19,24H,12H2,2H3. The van der Waals surface area contributed by atoms with Gasteiger partial charge in [0.05, 0.1) is 12.2 Å². The Labute approximate surface area is 140 Å². The molecule has 24 heavy (non-hydrogen) atoms. The summed E-state index contributed by atoms with van der Waals surface area (Å²) in [5, 5.41) is 10.6. The first-order valence-electron chi connectivity index (χ1n) is 7.59. The summed E-state index contributed by atoms with van der Waals surface area (Å²) < 4.78 is 14.8. The number of imidazole rings is 1. The molecule has 0 bridgehead atoms. The summed E-state index contributed by atoms with van der Waals surface area (Å²) in [5.74, 6) is 2.66. The molecule has 0 saturated heterocycles. The van der Waals surface area contributed by atoms with Crippen LogP contribution < -0.4 is 0 Å². The zero-order valence-electron chi connectivity index (χ0n) is 13.3. The van der Waals surface area contributed by atoms with Gasteiger partial charge in [-0.15, -0.1) is 6.42 Å². The lowest BCUT2D eigenvalue weighted by Crippen LogP contribution is -2.09. The summed E-state index contributed by atoms with van der Waals surface area (Å²) in [4.78, 5) is 4.55. The van der Waals surface area contributed by atoms with Gasteiger partial charge in [-0.3, -0.25) is 0 Å². The van der Waals surface area contributed by atoms with E-state index in [2.05, 4.69) is 10.9 Å². The van der Waals surface area contributed by atoms with E-state index in [1.165, 1.54) is 12.1 Å². The molecule has 120 valence electrons. The highest BCUT2D eigenvalue weighted by atomic mass is 19.1. The minimum absolute atomic E-state index is 0.298. The molecule has 2 aromatic carbocycles. The minimum Gasteiger partial charge on any atom is -0.380 e. The fourth-order valence-electron chi connectivity index (χ4n) is 2.53. The van der Waals surface area contributed by atoms with Gasteiger partial charge in [0.15, 0.2) is 0 Å². The number of aryl methyl sites for hydroxylation is 1. The zero-order valence-corrected chi connectivity index (χ0v) is 13.3. The molecule has 1 N–H and O–H groups in total. The summed E-state index contributed by atoms with van der Waals surface area (Å²) in [6.07, 6.45) is 6.28. The lowest BCUT2D eigenvalue weighted by atomic mass is 10.1. The molecule has 0 aliphatic heterocycles. The van der Waals surface area contributed by atoms with Gasteiger partial charge in [0.2, 0.25) is 0 Å². The Balaban J connectivity index is 2.01. The molecule has 0 spiro atoms. The maximum Gasteiger partial charge on any atom is 0.143 e. The third kappa shape index (κ3) is 3.22. The van der Waals surface area contributed by atoms with E-state index in [9.17, 15) is 9.50 Å². The van der Waals surface area contributed by atoms with E-state index in [1.54, 1.807) is 16.7 Å². The van der Waals surface area contributed by atoms with Gasteiger partial charge in [0.25, 0.3) is 0 Å². The molecule has 0 radical (unpaired) electrons. The van der Waals surface area contributed by atoms with Crippen LogP contribution in [0, 0.1) is 25.1 Å². The Bertz CT molecular complexity index is 873. The van der Waals surface area contributed by atoms with Gasteiger partial charge in [0, 0.05) is 11.8 Å². The number of rotatable bonds is 4. The molecule has 1 unspecified atom stereocenters. The highest BCUT2D eigenvalue weighted by molar-refractivity contribution is 5.59. The highest BCUT2D eigenvalue weighted by Crippen LogP contribution is 2.26. The molecular formula is C20H17FN2O. The highest BCUT2D eigenvalue weighted by Gasteiger charge is 2.19. The Kier molecular flexibility index (Phi) is 4.45. The van der Waals surface area contributed by atoms with Crippen molar-refractivity contribution in [2.75, 3.05) is 0 Å². The first-order valence-corrected chi connectivity index (χ1v) is 7.59. The van der Waals surface area contributed by atoms with Gasteiger partial charge >= 0.3 is 0 Å². The van der Waals surface area contributed by atoms with Crippen molar-refractivity contribution in [1.82, 2.24) is 9.55 Å². The Morgan fingerprint density at radius 2 is 1.83 bits per heavy atom. The SMILES string of the molecule is C#CCn1cc(-c2ccc(C)cc2)nc1C(O)c1ccc(F)cc1. The minimum atomic E-state index is -0.974. The maximum absolute atomic E-state index is 13.1. The van der Waals surface area contributed by atoms with Crippen LogP contribution in [0.25, 0.3) is 11.3 Å². The number of benzene rings is 2. The summed E-state index contributed by atoms with van der Waals surface area (Å²) in [7, 11) is 0. The second-order valence-electron chi connectivity index (χ2n) is 5.64. The normalized spacial score (nSPS) is 11.9. The fraction of sp³-hybridized carbons (Fsp3) is 0.150.